The fourth-order valence-corrected chi connectivity index (χ4v) is 3.39. The van der Waals surface area contributed by atoms with E-state index in [1.165, 1.54) is 12.1 Å². The smallest absolute Gasteiger partial charge is 0.270 e. The fourth-order valence-electron chi connectivity index (χ4n) is 3.39. The van der Waals surface area contributed by atoms with Crippen LogP contribution in [0.2, 0.25) is 0 Å². The summed E-state index contributed by atoms with van der Waals surface area (Å²) < 4.78 is 5.40. The number of amides is 1. The van der Waals surface area contributed by atoms with Gasteiger partial charge in [0.15, 0.2) is 0 Å². The monoisotopic (exact) mass is 361 g/mol. The number of hydrogen-bond acceptors (Lipinski definition) is 5. The van der Waals surface area contributed by atoms with E-state index in [0.717, 1.165) is 18.5 Å². The summed E-state index contributed by atoms with van der Waals surface area (Å²) in [6.07, 6.45) is 2.01. The summed E-state index contributed by atoms with van der Waals surface area (Å²) in [4.78, 5) is 28.3. The van der Waals surface area contributed by atoms with E-state index in [1.54, 1.807) is 6.07 Å². The number of nitro benzene ring substituents is 1. The molecule has 0 aromatic heterocycles. The van der Waals surface area contributed by atoms with Crippen molar-refractivity contribution in [2.45, 2.75) is 45.7 Å². The Morgan fingerprint density at radius 3 is 2.46 bits per heavy atom. The van der Waals surface area contributed by atoms with Crippen molar-refractivity contribution in [2.75, 3.05) is 31.2 Å². The van der Waals surface area contributed by atoms with Crippen molar-refractivity contribution in [3.05, 3.63) is 33.9 Å². The van der Waals surface area contributed by atoms with Crippen LogP contribution in [-0.2, 0) is 4.74 Å². The first-order chi connectivity index (χ1) is 12.4. The summed E-state index contributed by atoms with van der Waals surface area (Å²) in [6, 6.07) is 4.97. The first-order valence-corrected chi connectivity index (χ1v) is 9.34. The largest absolute Gasteiger partial charge is 0.378 e. The van der Waals surface area contributed by atoms with Gasteiger partial charge < -0.3 is 14.5 Å². The van der Waals surface area contributed by atoms with Gasteiger partial charge in [-0.3, -0.25) is 14.9 Å². The number of non-ortho nitro benzene ring substituents is 1. The lowest BCUT2D eigenvalue weighted by atomic mass is 10.0. The van der Waals surface area contributed by atoms with Gasteiger partial charge in [0.05, 0.1) is 29.4 Å². The highest BCUT2D eigenvalue weighted by atomic mass is 16.6. The molecule has 1 amide bonds. The van der Waals surface area contributed by atoms with Gasteiger partial charge in [-0.05, 0) is 31.7 Å². The third-order valence-corrected chi connectivity index (χ3v) is 5.35. The van der Waals surface area contributed by atoms with Crippen LogP contribution < -0.4 is 4.90 Å². The van der Waals surface area contributed by atoms with Gasteiger partial charge in [-0.15, -0.1) is 0 Å². The van der Waals surface area contributed by atoms with Crippen LogP contribution in [-0.4, -0.2) is 54.1 Å². The van der Waals surface area contributed by atoms with E-state index in [0.29, 0.717) is 37.8 Å². The van der Waals surface area contributed by atoms with Crippen LogP contribution in [0.1, 0.15) is 44.0 Å². The third-order valence-electron chi connectivity index (χ3n) is 5.35. The molecule has 1 aromatic carbocycles. The Hall–Kier alpha value is -2.15. The van der Waals surface area contributed by atoms with Crippen LogP contribution in [0.4, 0.5) is 11.4 Å². The van der Waals surface area contributed by atoms with Crippen LogP contribution in [0, 0.1) is 16.0 Å². The molecule has 0 radical (unpaired) electrons. The first kappa shape index (κ1) is 18.6. The molecule has 1 atom stereocenters. The number of hydrogen-bond donors (Lipinski definition) is 0. The van der Waals surface area contributed by atoms with E-state index in [2.05, 4.69) is 25.7 Å². The highest BCUT2D eigenvalue weighted by Crippen LogP contribution is 2.35. The van der Waals surface area contributed by atoms with Gasteiger partial charge in [0.25, 0.3) is 11.6 Å². The highest BCUT2D eigenvalue weighted by molar-refractivity contribution is 6.01. The third kappa shape index (κ3) is 3.82. The Bertz CT molecular complexity index is 681. The van der Waals surface area contributed by atoms with Gasteiger partial charge in [-0.1, -0.05) is 13.8 Å². The lowest BCUT2D eigenvalue weighted by Crippen LogP contribution is -2.44. The number of carbonyl (C=O) groups is 1. The molecule has 1 aliphatic carbocycles. The molecule has 1 saturated heterocycles. The van der Waals surface area contributed by atoms with Crippen LogP contribution in [0.5, 0.6) is 0 Å². The van der Waals surface area contributed by atoms with Gasteiger partial charge in [-0.25, -0.2) is 0 Å². The van der Waals surface area contributed by atoms with Gasteiger partial charge in [0, 0.05) is 37.3 Å². The van der Waals surface area contributed by atoms with Crippen LogP contribution in [0.25, 0.3) is 0 Å². The number of benzene rings is 1. The lowest BCUT2D eigenvalue weighted by molar-refractivity contribution is -0.384. The molecule has 1 aromatic rings. The Morgan fingerprint density at radius 2 is 1.92 bits per heavy atom. The molecule has 0 bridgehead atoms. The molecule has 1 aliphatic heterocycles. The summed E-state index contributed by atoms with van der Waals surface area (Å²) in [5.74, 6) is 0.226. The quantitative estimate of drug-likeness (QED) is 0.575. The molecule has 142 valence electrons. The minimum Gasteiger partial charge on any atom is -0.378 e. The van der Waals surface area contributed by atoms with Crippen molar-refractivity contribution in [1.82, 2.24) is 4.90 Å². The molecule has 1 heterocycles. The zero-order chi connectivity index (χ0) is 18.8. The minimum absolute atomic E-state index is 0.0432. The normalized spacial score (nSPS) is 18.7. The van der Waals surface area contributed by atoms with E-state index in [1.807, 2.05) is 4.90 Å². The molecule has 26 heavy (non-hydrogen) atoms. The van der Waals surface area contributed by atoms with Crippen molar-refractivity contribution in [3.63, 3.8) is 0 Å². The average molecular weight is 361 g/mol. The molecule has 1 saturated carbocycles. The van der Waals surface area contributed by atoms with Crippen LogP contribution >= 0.6 is 0 Å². The lowest BCUT2D eigenvalue weighted by Gasteiger charge is -2.35. The number of nitrogens with zero attached hydrogens (tertiary/aromatic N) is 3. The van der Waals surface area contributed by atoms with Gasteiger partial charge in [0.1, 0.15) is 0 Å². The summed E-state index contributed by atoms with van der Waals surface area (Å²) >= 11 is 0. The van der Waals surface area contributed by atoms with E-state index in [-0.39, 0.29) is 23.7 Å². The number of nitro groups is 1. The maximum absolute atomic E-state index is 13.5. The second-order valence-corrected chi connectivity index (χ2v) is 7.49. The zero-order valence-electron chi connectivity index (χ0n) is 15.7. The Balaban J connectivity index is 2.00. The maximum atomic E-state index is 13.5. The fraction of sp³-hybridized carbons (Fsp3) is 0.632. The van der Waals surface area contributed by atoms with Gasteiger partial charge in [0.2, 0.25) is 0 Å². The van der Waals surface area contributed by atoms with Crippen molar-refractivity contribution < 1.29 is 14.5 Å². The predicted molar refractivity (Wildman–Crippen MR) is 99.6 cm³/mol. The van der Waals surface area contributed by atoms with Crippen LogP contribution in [0.3, 0.4) is 0 Å². The number of ether oxygens (including phenoxy) is 1. The van der Waals surface area contributed by atoms with E-state index < -0.39 is 4.92 Å². The number of anilines is 1. The van der Waals surface area contributed by atoms with Crippen molar-refractivity contribution >= 4 is 17.3 Å². The molecule has 2 aliphatic rings. The standard InChI is InChI=1S/C19H27N3O4/c1-13(2)14(3)21(15-4-5-15)19(23)17-12-16(22(24)25)6-7-18(17)20-8-10-26-11-9-20/h6-7,12-15H,4-5,8-11H2,1-3H3. The SMILES string of the molecule is CC(C)C(C)N(C(=O)c1cc([N+](=O)[O-])ccc1N1CCOCC1)C1CC1. The molecule has 1 unspecified atom stereocenters. The number of morpholine rings is 1. The number of carbonyl (C=O) groups excluding carboxylic acids is 1. The molecule has 0 spiro atoms. The maximum Gasteiger partial charge on any atom is 0.270 e. The summed E-state index contributed by atoms with van der Waals surface area (Å²) in [5, 5.41) is 11.3. The Morgan fingerprint density at radius 1 is 1.27 bits per heavy atom. The topological polar surface area (TPSA) is 75.9 Å². The molecule has 0 N–H and O–H groups in total. The van der Waals surface area contributed by atoms with E-state index in [4.69, 9.17) is 4.74 Å². The Labute approximate surface area is 154 Å². The van der Waals surface area contributed by atoms with Crippen molar-refractivity contribution in [3.8, 4) is 0 Å². The molecular formula is C19H27N3O4. The van der Waals surface area contributed by atoms with Crippen molar-refractivity contribution in [1.29, 1.82) is 0 Å². The molecule has 3 rings (SSSR count). The van der Waals surface area contributed by atoms with Gasteiger partial charge >= 0.3 is 0 Å². The molecular weight excluding hydrogens is 334 g/mol. The summed E-state index contributed by atoms with van der Waals surface area (Å²) in [7, 11) is 0. The first-order valence-electron chi connectivity index (χ1n) is 9.34. The Kier molecular flexibility index (Phi) is 5.46. The predicted octanol–water partition coefficient (Wildman–Crippen LogP) is 3.08. The van der Waals surface area contributed by atoms with Gasteiger partial charge in [-0.2, -0.15) is 0 Å². The average Bonchev–Trinajstić information content (AvgIpc) is 3.46. The van der Waals surface area contributed by atoms with Crippen molar-refractivity contribution in [2.24, 2.45) is 5.92 Å². The molecule has 7 nitrogen and oxygen atoms in total. The summed E-state index contributed by atoms with van der Waals surface area (Å²) in [5.41, 5.74) is 1.16. The zero-order valence-corrected chi connectivity index (χ0v) is 15.7. The molecule has 7 heteroatoms. The van der Waals surface area contributed by atoms with E-state index >= 15 is 0 Å². The molecule has 2 fully saturated rings. The summed E-state index contributed by atoms with van der Waals surface area (Å²) in [6.45, 7) is 8.82. The second-order valence-electron chi connectivity index (χ2n) is 7.49. The van der Waals surface area contributed by atoms with Crippen LogP contribution in [0.15, 0.2) is 18.2 Å². The minimum atomic E-state index is -0.437. The highest BCUT2D eigenvalue weighted by Gasteiger charge is 2.38. The number of rotatable bonds is 6. The van der Waals surface area contributed by atoms with E-state index in [9.17, 15) is 14.9 Å². The second kappa shape index (κ2) is 7.61.